The summed E-state index contributed by atoms with van der Waals surface area (Å²) < 4.78 is 27.7. The number of pyridine rings is 1. The molecule has 0 aliphatic heterocycles. The summed E-state index contributed by atoms with van der Waals surface area (Å²) in [5.41, 5.74) is 4.14. The van der Waals surface area contributed by atoms with Gasteiger partial charge in [-0.05, 0) is 48.9 Å². The number of aromatic nitrogens is 1. The van der Waals surface area contributed by atoms with E-state index in [-0.39, 0.29) is 0 Å². The Hall–Kier alpha value is -2.81. The van der Waals surface area contributed by atoms with E-state index < -0.39 is 11.6 Å². The maximum atomic E-state index is 14.0. The highest BCUT2D eigenvalue weighted by molar-refractivity contribution is 6.11. The van der Waals surface area contributed by atoms with Crippen molar-refractivity contribution < 1.29 is 8.78 Å². The third kappa shape index (κ3) is 2.33. The van der Waals surface area contributed by atoms with Gasteiger partial charge in [0, 0.05) is 28.6 Å². The first-order valence-electron chi connectivity index (χ1n) is 7.78. The van der Waals surface area contributed by atoms with Gasteiger partial charge in [0.2, 0.25) is 0 Å². The zero-order chi connectivity index (χ0) is 16.8. The summed E-state index contributed by atoms with van der Waals surface area (Å²) >= 11 is 0. The Morgan fingerprint density at radius 1 is 0.708 bits per heavy atom. The Balaban J connectivity index is 2.10. The number of hydrogen-bond donors (Lipinski definition) is 0. The summed E-state index contributed by atoms with van der Waals surface area (Å²) in [6.45, 7) is 4.09. The van der Waals surface area contributed by atoms with Crippen LogP contribution in [0.5, 0.6) is 0 Å². The zero-order valence-electron chi connectivity index (χ0n) is 13.4. The molecule has 0 aliphatic rings. The Kier molecular flexibility index (Phi) is 3.31. The van der Waals surface area contributed by atoms with Crippen LogP contribution in [-0.2, 0) is 0 Å². The van der Waals surface area contributed by atoms with Crippen LogP contribution in [0.2, 0.25) is 0 Å². The van der Waals surface area contributed by atoms with Crippen molar-refractivity contribution in [3.63, 3.8) is 0 Å². The normalized spacial score (nSPS) is 11.3. The minimum Gasteiger partial charge on any atom is -0.256 e. The molecule has 3 heteroatoms. The summed E-state index contributed by atoms with van der Waals surface area (Å²) in [7, 11) is 0. The van der Waals surface area contributed by atoms with Crippen LogP contribution in [-0.4, -0.2) is 4.98 Å². The lowest BCUT2D eigenvalue weighted by Crippen LogP contribution is -1.91. The van der Waals surface area contributed by atoms with Crippen LogP contribution in [0.1, 0.15) is 11.1 Å². The second-order valence-electron chi connectivity index (χ2n) is 6.18. The van der Waals surface area contributed by atoms with Crippen LogP contribution < -0.4 is 0 Å². The fourth-order valence-corrected chi connectivity index (χ4v) is 3.36. The molecule has 0 N–H and O–H groups in total. The highest BCUT2D eigenvalue weighted by Gasteiger charge is 2.12. The van der Waals surface area contributed by atoms with Crippen LogP contribution >= 0.6 is 0 Å². The summed E-state index contributed by atoms with van der Waals surface area (Å²) in [5, 5.41) is 2.68. The molecule has 4 rings (SSSR count). The van der Waals surface area contributed by atoms with Gasteiger partial charge in [-0.25, -0.2) is 8.78 Å². The lowest BCUT2D eigenvalue weighted by Gasteiger charge is -2.10. The predicted octanol–water partition coefficient (Wildman–Crippen LogP) is 5.95. The number of benzene rings is 3. The van der Waals surface area contributed by atoms with Crippen molar-refractivity contribution in [1.82, 2.24) is 4.98 Å². The van der Waals surface area contributed by atoms with E-state index >= 15 is 0 Å². The van der Waals surface area contributed by atoms with Crippen molar-refractivity contribution in [2.24, 2.45) is 0 Å². The average molecular weight is 319 g/mol. The topological polar surface area (TPSA) is 12.9 Å². The molecule has 0 unspecified atom stereocenters. The van der Waals surface area contributed by atoms with Crippen molar-refractivity contribution >= 4 is 21.5 Å². The van der Waals surface area contributed by atoms with Crippen LogP contribution in [0.25, 0.3) is 32.8 Å². The summed E-state index contributed by atoms with van der Waals surface area (Å²) in [4.78, 5) is 4.52. The number of fused-ring (bicyclic) bond motifs is 3. The third-order valence-electron chi connectivity index (χ3n) is 4.29. The van der Waals surface area contributed by atoms with Crippen LogP contribution in [0.4, 0.5) is 8.78 Å². The predicted molar refractivity (Wildman–Crippen MR) is 94.1 cm³/mol. The number of hydrogen-bond acceptors (Lipinski definition) is 1. The van der Waals surface area contributed by atoms with Gasteiger partial charge in [-0.15, -0.1) is 0 Å². The molecule has 0 spiro atoms. The molecule has 3 aromatic carbocycles. The monoisotopic (exact) mass is 319 g/mol. The van der Waals surface area contributed by atoms with Gasteiger partial charge < -0.3 is 0 Å². The molecule has 0 radical (unpaired) electrons. The Labute approximate surface area is 138 Å². The molecule has 24 heavy (non-hydrogen) atoms. The van der Waals surface area contributed by atoms with Crippen molar-refractivity contribution in [1.29, 1.82) is 0 Å². The van der Waals surface area contributed by atoms with E-state index in [0.29, 0.717) is 10.8 Å². The molecule has 0 atom stereocenters. The molecule has 0 saturated carbocycles. The summed E-state index contributed by atoms with van der Waals surface area (Å²) in [6.07, 6.45) is 1.69. The van der Waals surface area contributed by atoms with E-state index in [1.165, 1.54) is 6.07 Å². The van der Waals surface area contributed by atoms with Crippen molar-refractivity contribution in [2.45, 2.75) is 13.8 Å². The number of rotatable bonds is 1. The maximum absolute atomic E-state index is 14.0. The van der Waals surface area contributed by atoms with Gasteiger partial charge >= 0.3 is 0 Å². The molecule has 1 heterocycles. The quantitative estimate of drug-likeness (QED) is 0.395. The fraction of sp³-hybridized carbons (Fsp3) is 0.0952. The highest BCUT2D eigenvalue weighted by atomic mass is 19.1. The highest BCUT2D eigenvalue weighted by Crippen LogP contribution is 2.33. The smallest absolute Gasteiger partial charge is 0.133 e. The summed E-state index contributed by atoms with van der Waals surface area (Å²) in [6, 6.07) is 13.9. The third-order valence-corrected chi connectivity index (χ3v) is 4.29. The Morgan fingerprint density at radius 3 is 2.17 bits per heavy atom. The van der Waals surface area contributed by atoms with Gasteiger partial charge in [0.1, 0.15) is 11.6 Å². The minimum absolute atomic E-state index is 0.418. The first kappa shape index (κ1) is 14.8. The summed E-state index contributed by atoms with van der Waals surface area (Å²) in [5.74, 6) is -1.12. The molecule has 0 bridgehead atoms. The molecule has 4 aromatic rings. The standard InChI is InChI=1S/C21H15F2N/c1-12-7-13(2)9-14(8-12)21-18-4-3-17-19(16(18)5-6-24-21)10-15(22)11-20(17)23/h3-11H,1-2H3. The van der Waals surface area contributed by atoms with Gasteiger partial charge in [-0.2, -0.15) is 0 Å². The molecule has 0 aliphatic carbocycles. The average Bonchev–Trinajstić information content (AvgIpc) is 2.53. The molecule has 1 nitrogen and oxygen atoms in total. The lowest BCUT2D eigenvalue weighted by molar-refractivity contribution is 0.592. The van der Waals surface area contributed by atoms with Crippen molar-refractivity contribution in [2.75, 3.05) is 0 Å². The van der Waals surface area contributed by atoms with Gasteiger partial charge in [0.15, 0.2) is 0 Å². The largest absolute Gasteiger partial charge is 0.256 e. The molecule has 1 aromatic heterocycles. The Morgan fingerprint density at radius 2 is 1.42 bits per heavy atom. The molecule has 118 valence electrons. The number of aryl methyl sites for hydroxylation is 2. The molecule has 0 saturated heterocycles. The second-order valence-corrected chi connectivity index (χ2v) is 6.18. The molecular weight excluding hydrogens is 304 g/mol. The SMILES string of the molecule is Cc1cc(C)cc(-c2nccc3c2ccc2c(F)cc(F)cc23)c1. The molecule has 0 fully saturated rings. The first-order valence-corrected chi connectivity index (χ1v) is 7.78. The number of halogens is 2. The van der Waals surface area contributed by atoms with E-state index in [4.69, 9.17) is 0 Å². The van der Waals surface area contributed by atoms with E-state index in [0.717, 1.165) is 39.2 Å². The number of nitrogens with zero attached hydrogens (tertiary/aromatic N) is 1. The van der Waals surface area contributed by atoms with E-state index in [2.05, 4.69) is 23.2 Å². The van der Waals surface area contributed by atoms with E-state index in [1.54, 1.807) is 12.3 Å². The van der Waals surface area contributed by atoms with Gasteiger partial charge in [-0.3, -0.25) is 4.98 Å². The second kappa shape index (κ2) is 5.38. The molecular formula is C21H15F2N. The minimum atomic E-state index is -0.572. The Bertz CT molecular complexity index is 1080. The maximum Gasteiger partial charge on any atom is 0.133 e. The van der Waals surface area contributed by atoms with Gasteiger partial charge in [0.25, 0.3) is 0 Å². The van der Waals surface area contributed by atoms with E-state index in [9.17, 15) is 8.78 Å². The van der Waals surface area contributed by atoms with Crippen LogP contribution in [0.3, 0.4) is 0 Å². The fourth-order valence-electron chi connectivity index (χ4n) is 3.36. The van der Waals surface area contributed by atoms with Crippen LogP contribution in [0, 0.1) is 25.5 Å². The van der Waals surface area contributed by atoms with Crippen molar-refractivity contribution in [3.8, 4) is 11.3 Å². The zero-order valence-corrected chi connectivity index (χ0v) is 13.4. The first-order chi connectivity index (χ1) is 11.5. The van der Waals surface area contributed by atoms with Crippen molar-refractivity contribution in [3.05, 3.63) is 77.5 Å². The van der Waals surface area contributed by atoms with Crippen LogP contribution in [0.15, 0.2) is 54.7 Å². The van der Waals surface area contributed by atoms with Gasteiger partial charge in [-0.1, -0.05) is 29.3 Å². The molecule has 0 amide bonds. The van der Waals surface area contributed by atoms with Gasteiger partial charge in [0.05, 0.1) is 5.69 Å². The lowest BCUT2D eigenvalue weighted by atomic mass is 9.97. The van der Waals surface area contributed by atoms with E-state index in [1.807, 2.05) is 26.0 Å².